The summed E-state index contributed by atoms with van der Waals surface area (Å²) < 4.78 is 16.6. The van der Waals surface area contributed by atoms with Gasteiger partial charge in [0.25, 0.3) is 0 Å². The molecule has 0 spiro atoms. The third kappa shape index (κ3) is 4.54. The van der Waals surface area contributed by atoms with Gasteiger partial charge in [-0.3, -0.25) is 4.79 Å². The molecule has 0 aliphatic carbocycles. The maximum atomic E-state index is 13.0. The van der Waals surface area contributed by atoms with Gasteiger partial charge in [0.15, 0.2) is 17.3 Å². The zero-order chi connectivity index (χ0) is 19.1. The number of hydrogen-bond donors (Lipinski definition) is 0. The van der Waals surface area contributed by atoms with Gasteiger partial charge >= 0.3 is 0 Å². The molecule has 0 amide bonds. The standard InChI is InChI=1S/C23H22O4/c1-25-21-13-19(16-27-15-17-9-5-3-6-10-17)20(14-22(21)26-2)23(24)18-11-7-4-8-12-18/h3-14H,15-16H2,1-2H3. The second-order valence-electron chi connectivity index (χ2n) is 6.04. The molecule has 0 heterocycles. The van der Waals surface area contributed by atoms with E-state index in [1.165, 1.54) is 0 Å². The Hall–Kier alpha value is -3.11. The maximum absolute atomic E-state index is 13.0. The molecule has 3 aromatic carbocycles. The molecule has 0 aromatic heterocycles. The molecule has 0 fully saturated rings. The van der Waals surface area contributed by atoms with Crippen molar-refractivity contribution >= 4 is 5.78 Å². The molecule has 27 heavy (non-hydrogen) atoms. The lowest BCUT2D eigenvalue weighted by Crippen LogP contribution is -2.08. The van der Waals surface area contributed by atoms with Gasteiger partial charge in [-0.25, -0.2) is 0 Å². The van der Waals surface area contributed by atoms with E-state index in [0.717, 1.165) is 11.1 Å². The fourth-order valence-corrected chi connectivity index (χ4v) is 2.85. The van der Waals surface area contributed by atoms with Crippen LogP contribution < -0.4 is 9.47 Å². The second kappa shape index (κ2) is 9.01. The molecule has 3 rings (SSSR count). The van der Waals surface area contributed by atoms with E-state index in [1.54, 1.807) is 38.5 Å². The third-order valence-electron chi connectivity index (χ3n) is 4.26. The average Bonchev–Trinajstić information content (AvgIpc) is 2.74. The van der Waals surface area contributed by atoms with Gasteiger partial charge in [0.05, 0.1) is 27.4 Å². The molecule has 0 saturated carbocycles. The van der Waals surface area contributed by atoms with Gasteiger partial charge in [0.2, 0.25) is 0 Å². The monoisotopic (exact) mass is 362 g/mol. The molecule has 0 radical (unpaired) electrons. The minimum absolute atomic E-state index is 0.0742. The minimum Gasteiger partial charge on any atom is -0.493 e. The first-order valence-electron chi connectivity index (χ1n) is 8.69. The van der Waals surface area contributed by atoms with E-state index in [0.29, 0.717) is 35.8 Å². The van der Waals surface area contributed by atoms with Crippen LogP contribution in [-0.4, -0.2) is 20.0 Å². The molecular weight excluding hydrogens is 340 g/mol. The Morgan fingerprint density at radius 1 is 0.778 bits per heavy atom. The van der Waals surface area contributed by atoms with E-state index in [4.69, 9.17) is 14.2 Å². The van der Waals surface area contributed by atoms with Crippen molar-refractivity contribution in [3.8, 4) is 11.5 Å². The summed E-state index contributed by atoms with van der Waals surface area (Å²) in [6.45, 7) is 0.761. The summed E-state index contributed by atoms with van der Waals surface area (Å²) in [5, 5.41) is 0. The summed E-state index contributed by atoms with van der Waals surface area (Å²) in [6.07, 6.45) is 0. The number of benzene rings is 3. The lowest BCUT2D eigenvalue weighted by atomic mass is 9.98. The molecule has 3 aromatic rings. The van der Waals surface area contributed by atoms with Crippen LogP contribution in [0.25, 0.3) is 0 Å². The van der Waals surface area contributed by atoms with Crippen molar-refractivity contribution in [3.63, 3.8) is 0 Å². The van der Waals surface area contributed by atoms with E-state index in [1.807, 2.05) is 48.5 Å². The summed E-state index contributed by atoms with van der Waals surface area (Å²) in [5.41, 5.74) is 3.01. The van der Waals surface area contributed by atoms with Crippen molar-refractivity contribution in [2.75, 3.05) is 14.2 Å². The zero-order valence-corrected chi connectivity index (χ0v) is 15.5. The Bertz CT molecular complexity index is 889. The van der Waals surface area contributed by atoms with Crippen molar-refractivity contribution in [3.05, 3.63) is 95.1 Å². The summed E-state index contributed by atoms with van der Waals surface area (Å²) >= 11 is 0. The smallest absolute Gasteiger partial charge is 0.193 e. The lowest BCUT2D eigenvalue weighted by Gasteiger charge is -2.15. The third-order valence-corrected chi connectivity index (χ3v) is 4.26. The number of carbonyl (C=O) groups excluding carboxylic acids is 1. The Balaban J connectivity index is 1.89. The van der Waals surface area contributed by atoms with Crippen LogP contribution in [-0.2, 0) is 18.0 Å². The zero-order valence-electron chi connectivity index (χ0n) is 15.5. The number of carbonyl (C=O) groups is 1. The first-order chi connectivity index (χ1) is 13.2. The molecule has 4 heteroatoms. The second-order valence-corrected chi connectivity index (χ2v) is 6.04. The van der Waals surface area contributed by atoms with Gasteiger partial charge in [-0.05, 0) is 23.3 Å². The van der Waals surface area contributed by atoms with E-state index in [9.17, 15) is 4.79 Å². The first kappa shape index (κ1) is 18.7. The minimum atomic E-state index is -0.0742. The van der Waals surface area contributed by atoms with E-state index in [-0.39, 0.29) is 5.78 Å². The molecular formula is C23H22O4. The highest BCUT2D eigenvalue weighted by molar-refractivity contribution is 6.10. The average molecular weight is 362 g/mol. The molecule has 0 aliphatic rings. The van der Waals surface area contributed by atoms with Gasteiger partial charge in [-0.1, -0.05) is 60.7 Å². The molecule has 0 aliphatic heterocycles. The highest BCUT2D eigenvalue weighted by Crippen LogP contribution is 2.32. The van der Waals surface area contributed by atoms with Crippen molar-refractivity contribution in [1.82, 2.24) is 0 Å². The fourth-order valence-electron chi connectivity index (χ4n) is 2.85. The highest BCUT2D eigenvalue weighted by Gasteiger charge is 2.18. The van der Waals surface area contributed by atoms with Crippen molar-refractivity contribution < 1.29 is 19.0 Å². The molecule has 0 N–H and O–H groups in total. The Morgan fingerprint density at radius 2 is 1.37 bits per heavy atom. The highest BCUT2D eigenvalue weighted by atomic mass is 16.5. The first-order valence-corrected chi connectivity index (χ1v) is 8.69. The normalized spacial score (nSPS) is 10.4. The number of ether oxygens (including phenoxy) is 3. The molecule has 4 nitrogen and oxygen atoms in total. The number of hydrogen-bond acceptors (Lipinski definition) is 4. The molecule has 0 atom stereocenters. The van der Waals surface area contributed by atoms with Crippen LogP contribution in [0, 0.1) is 0 Å². The number of rotatable bonds is 8. The number of methoxy groups -OCH3 is 2. The van der Waals surface area contributed by atoms with Crippen molar-refractivity contribution in [2.45, 2.75) is 13.2 Å². The van der Waals surface area contributed by atoms with Crippen LogP contribution in [0.15, 0.2) is 72.8 Å². The van der Waals surface area contributed by atoms with Crippen LogP contribution in [0.5, 0.6) is 11.5 Å². The van der Waals surface area contributed by atoms with Crippen molar-refractivity contribution in [2.24, 2.45) is 0 Å². The number of ketones is 1. The Kier molecular flexibility index (Phi) is 6.23. The maximum Gasteiger partial charge on any atom is 0.193 e. The quantitative estimate of drug-likeness (QED) is 0.547. The van der Waals surface area contributed by atoms with Crippen LogP contribution in [0.4, 0.5) is 0 Å². The lowest BCUT2D eigenvalue weighted by molar-refractivity contribution is 0.0990. The van der Waals surface area contributed by atoms with Crippen molar-refractivity contribution in [1.29, 1.82) is 0 Å². The van der Waals surface area contributed by atoms with Gasteiger partial charge < -0.3 is 14.2 Å². The Morgan fingerprint density at radius 3 is 2.00 bits per heavy atom. The van der Waals surface area contributed by atoms with Crippen LogP contribution in [0.3, 0.4) is 0 Å². The van der Waals surface area contributed by atoms with Crippen LogP contribution in [0.1, 0.15) is 27.0 Å². The Labute approximate surface area is 159 Å². The summed E-state index contributed by atoms with van der Waals surface area (Å²) in [7, 11) is 3.13. The predicted molar refractivity (Wildman–Crippen MR) is 104 cm³/mol. The predicted octanol–water partition coefficient (Wildman–Crippen LogP) is 4.65. The van der Waals surface area contributed by atoms with Gasteiger partial charge in [-0.2, -0.15) is 0 Å². The fraction of sp³-hybridized carbons (Fsp3) is 0.174. The van der Waals surface area contributed by atoms with Gasteiger partial charge in [0.1, 0.15) is 0 Å². The topological polar surface area (TPSA) is 44.8 Å². The molecule has 138 valence electrons. The van der Waals surface area contributed by atoms with Crippen LogP contribution >= 0.6 is 0 Å². The van der Waals surface area contributed by atoms with E-state index >= 15 is 0 Å². The summed E-state index contributed by atoms with van der Waals surface area (Å²) in [5.74, 6) is 1.01. The summed E-state index contributed by atoms with van der Waals surface area (Å²) in [4.78, 5) is 13.0. The van der Waals surface area contributed by atoms with Gasteiger partial charge in [0, 0.05) is 11.1 Å². The van der Waals surface area contributed by atoms with E-state index in [2.05, 4.69) is 0 Å². The molecule has 0 unspecified atom stereocenters. The molecule has 0 bridgehead atoms. The summed E-state index contributed by atoms with van der Waals surface area (Å²) in [6, 6.07) is 22.6. The van der Waals surface area contributed by atoms with Crippen LogP contribution in [0.2, 0.25) is 0 Å². The SMILES string of the molecule is COc1cc(COCc2ccccc2)c(C(=O)c2ccccc2)cc1OC. The largest absolute Gasteiger partial charge is 0.493 e. The van der Waals surface area contributed by atoms with Gasteiger partial charge in [-0.15, -0.1) is 0 Å². The van der Waals surface area contributed by atoms with E-state index < -0.39 is 0 Å². The molecule has 0 saturated heterocycles.